The van der Waals surface area contributed by atoms with Gasteiger partial charge >= 0.3 is 0 Å². The van der Waals surface area contributed by atoms with Gasteiger partial charge in [0, 0.05) is 12.1 Å². The molecule has 5 heteroatoms. The predicted octanol–water partition coefficient (Wildman–Crippen LogP) is 3.28. The van der Waals surface area contributed by atoms with E-state index < -0.39 is 0 Å². The lowest BCUT2D eigenvalue weighted by Crippen LogP contribution is -2.53. The highest BCUT2D eigenvalue weighted by molar-refractivity contribution is 5.54. The van der Waals surface area contributed by atoms with E-state index in [4.69, 9.17) is 9.26 Å². The molecule has 0 amide bonds. The third-order valence-electron chi connectivity index (χ3n) is 4.73. The zero-order valence-electron chi connectivity index (χ0n) is 12.7. The number of morpholine rings is 1. The van der Waals surface area contributed by atoms with Gasteiger partial charge in [0.15, 0.2) is 0 Å². The SMILES string of the molecule is c1ccc(-c2nc(N3CCOC4(CCCCC4)C3)no2)cc1. The summed E-state index contributed by atoms with van der Waals surface area (Å²) in [7, 11) is 0. The predicted molar refractivity (Wildman–Crippen MR) is 83.7 cm³/mol. The highest BCUT2D eigenvalue weighted by Gasteiger charge is 2.38. The summed E-state index contributed by atoms with van der Waals surface area (Å²) < 4.78 is 11.6. The van der Waals surface area contributed by atoms with Gasteiger partial charge in [-0.05, 0) is 30.1 Å². The molecule has 1 aliphatic carbocycles. The molecule has 1 aliphatic heterocycles. The van der Waals surface area contributed by atoms with Gasteiger partial charge in [0.05, 0.1) is 18.8 Å². The second kappa shape index (κ2) is 5.72. The first-order valence-electron chi connectivity index (χ1n) is 8.13. The second-order valence-electron chi connectivity index (χ2n) is 6.28. The van der Waals surface area contributed by atoms with Crippen LogP contribution in [0.5, 0.6) is 0 Å². The van der Waals surface area contributed by atoms with E-state index in [1.165, 1.54) is 19.3 Å². The normalized spacial score (nSPS) is 21.2. The number of benzene rings is 1. The van der Waals surface area contributed by atoms with Gasteiger partial charge in [0.25, 0.3) is 11.8 Å². The van der Waals surface area contributed by atoms with Crippen molar-refractivity contribution in [3.8, 4) is 11.5 Å². The molecule has 1 spiro atoms. The maximum Gasteiger partial charge on any atom is 0.266 e. The zero-order chi connectivity index (χ0) is 14.8. The zero-order valence-corrected chi connectivity index (χ0v) is 12.7. The van der Waals surface area contributed by atoms with Crippen molar-refractivity contribution in [3.05, 3.63) is 30.3 Å². The van der Waals surface area contributed by atoms with E-state index in [1.54, 1.807) is 0 Å². The van der Waals surface area contributed by atoms with Gasteiger partial charge in [0.2, 0.25) is 0 Å². The number of anilines is 1. The molecule has 2 aromatic rings. The Labute approximate surface area is 130 Å². The fraction of sp³-hybridized carbons (Fsp3) is 0.529. The van der Waals surface area contributed by atoms with Crippen LogP contribution in [0.1, 0.15) is 32.1 Å². The molecule has 5 nitrogen and oxygen atoms in total. The first kappa shape index (κ1) is 13.8. The maximum absolute atomic E-state index is 6.12. The van der Waals surface area contributed by atoms with Crippen LogP contribution in [0.3, 0.4) is 0 Å². The minimum atomic E-state index is 0.00401. The van der Waals surface area contributed by atoms with Crippen LogP contribution in [0.15, 0.2) is 34.9 Å². The number of aromatic nitrogens is 2. The van der Waals surface area contributed by atoms with E-state index in [-0.39, 0.29) is 5.60 Å². The highest BCUT2D eigenvalue weighted by atomic mass is 16.5. The van der Waals surface area contributed by atoms with Crippen molar-refractivity contribution in [2.24, 2.45) is 0 Å². The van der Waals surface area contributed by atoms with Crippen molar-refractivity contribution >= 4 is 5.95 Å². The van der Waals surface area contributed by atoms with Gasteiger partial charge < -0.3 is 14.2 Å². The maximum atomic E-state index is 6.12. The van der Waals surface area contributed by atoms with Crippen molar-refractivity contribution in [1.29, 1.82) is 0 Å². The number of ether oxygens (including phenoxy) is 1. The minimum Gasteiger partial charge on any atom is -0.371 e. The van der Waals surface area contributed by atoms with Gasteiger partial charge in [-0.3, -0.25) is 0 Å². The molecular weight excluding hydrogens is 278 g/mol. The molecule has 2 fully saturated rings. The molecule has 0 N–H and O–H groups in total. The second-order valence-corrected chi connectivity index (χ2v) is 6.28. The van der Waals surface area contributed by atoms with Crippen LogP contribution in [0.4, 0.5) is 5.95 Å². The summed E-state index contributed by atoms with van der Waals surface area (Å²) >= 11 is 0. The molecule has 2 heterocycles. The lowest BCUT2D eigenvalue weighted by molar-refractivity contribution is -0.0786. The molecule has 2 aliphatic rings. The van der Waals surface area contributed by atoms with Crippen molar-refractivity contribution in [3.63, 3.8) is 0 Å². The first-order chi connectivity index (χ1) is 10.8. The van der Waals surface area contributed by atoms with Crippen molar-refractivity contribution in [2.45, 2.75) is 37.7 Å². The summed E-state index contributed by atoms with van der Waals surface area (Å²) in [6.45, 7) is 2.45. The van der Waals surface area contributed by atoms with E-state index in [2.05, 4.69) is 15.0 Å². The molecule has 0 unspecified atom stereocenters. The van der Waals surface area contributed by atoms with Crippen LogP contribution < -0.4 is 4.90 Å². The Hall–Kier alpha value is -1.88. The Morgan fingerprint density at radius 3 is 2.68 bits per heavy atom. The van der Waals surface area contributed by atoms with Gasteiger partial charge in [-0.1, -0.05) is 37.5 Å². The Bertz CT molecular complexity index is 614. The number of nitrogens with zero attached hydrogens (tertiary/aromatic N) is 3. The van der Waals surface area contributed by atoms with Crippen molar-refractivity contribution < 1.29 is 9.26 Å². The van der Waals surface area contributed by atoms with Crippen LogP contribution in [0.2, 0.25) is 0 Å². The van der Waals surface area contributed by atoms with Crippen LogP contribution in [-0.2, 0) is 4.74 Å². The monoisotopic (exact) mass is 299 g/mol. The van der Waals surface area contributed by atoms with E-state index >= 15 is 0 Å². The summed E-state index contributed by atoms with van der Waals surface area (Å²) in [5.74, 6) is 1.27. The van der Waals surface area contributed by atoms with Crippen molar-refractivity contribution in [2.75, 3.05) is 24.6 Å². The quantitative estimate of drug-likeness (QED) is 0.852. The average Bonchev–Trinajstić information content (AvgIpc) is 3.07. The Kier molecular flexibility index (Phi) is 3.58. The Balaban J connectivity index is 1.53. The summed E-state index contributed by atoms with van der Waals surface area (Å²) in [6, 6.07) is 9.91. The van der Waals surface area contributed by atoms with E-state index in [9.17, 15) is 0 Å². The third-order valence-corrected chi connectivity index (χ3v) is 4.73. The van der Waals surface area contributed by atoms with Crippen LogP contribution >= 0.6 is 0 Å². The van der Waals surface area contributed by atoms with E-state index in [0.29, 0.717) is 11.8 Å². The van der Waals surface area contributed by atoms with Crippen LogP contribution in [-0.4, -0.2) is 35.4 Å². The lowest BCUT2D eigenvalue weighted by atomic mass is 9.83. The highest BCUT2D eigenvalue weighted by Crippen LogP contribution is 2.35. The summed E-state index contributed by atoms with van der Waals surface area (Å²) in [6.07, 6.45) is 6.13. The van der Waals surface area contributed by atoms with Gasteiger partial charge in [0.1, 0.15) is 0 Å². The lowest BCUT2D eigenvalue weighted by Gasteiger charge is -2.44. The number of hydrogen-bond donors (Lipinski definition) is 0. The smallest absolute Gasteiger partial charge is 0.266 e. The van der Waals surface area contributed by atoms with E-state index in [0.717, 1.165) is 38.1 Å². The first-order valence-corrected chi connectivity index (χ1v) is 8.13. The molecule has 0 radical (unpaired) electrons. The molecule has 1 aromatic heterocycles. The van der Waals surface area contributed by atoms with Gasteiger partial charge in [-0.2, -0.15) is 4.98 Å². The van der Waals surface area contributed by atoms with E-state index in [1.807, 2.05) is 30.3 Å². The summed E-state index contributed by atoms with van der Waals surface area (Å²) in [4.78, 5) is 6.79. The average molecular weight is 299 g/mol. The number of rotatable bonds is 2. The number of hydrogen-bond acceptors (Lipinski definition) is 5. The van der Waals surface area contributed by atoms with Crippen LogP contribution in [0, 0.1) is 0 Å². The molecule has 4 rings (SSSR count). The fourth-order valence-electron chi connectivity index (χ4n) is 3.56. The molecule has 22 heavy (non-hydrogen) atoms. The fourth-order valence-corrected chi connectivity index (χ4v) is 3.56. The summed E-state index contributed by atoms with van der Waals surface area (Å²) in [5, 5.41) is 4.18. The Morgan fingerprint density at radius 1 is 1.05 bits per heavy atom. The molecule has 1 saturated heterocycles. The molecular formula is C17H21N3O2. The van der Waals surface area contributed by atoms with Gasteiger partial charge in [-0.15, -0.1) is 0 Å². The minimum absolute atomic E-state index is 0.00401. The standard InChI is InChI=1S/C17H21N3O2/c1-3-7-14(8-4-1)15-18-16(19-22-15)20-11-12-21-17(13-20)9-5-2-6-10-17/h1,3-4,7-8H,2,5-6,9-13H2. The molecule has 116 valence electrons. The summed E-state index contributed by atoms with van der Waals surface area (Å²) in [5.41, 5.74) is 0.964. The molecule has 1 saturated carbocycles. The van der Waals surface area contributed by atoms with Crippen LogP contribution in [0.25, 0.3) is 11.5 Å². The molecule has 0 atom stereocenters. The molecule has 1 aromatic carbocycles. The third kappa shape index (κ3) is 2.61. The largest absolute Gasteiger partial charge is 0.371 e. The van der Waals surface area contributed by atoms with Crippen molar-refractivity contribution in [1.82, 2.24) is 10.1 Å². The Morgan fingerprint density at radius 2 is 1.86 bits per heavy atom. The molecule has 0 bridgehead atoms. The topological polar surface area (TPSA) is 51.4 Å². The van der Waals surface area contributed by atoms with Gasteiger partial charge in [-0.25, -0.2) is 0 Å².